The van der Waals surface area contributed by atoms with Gasteiger partial charge in [-0.1, -0.05) is 36.0 Å². The monoisotopic (exact) mass is 299 g/mol. The summed E-state index contributed by atoms with van der Waals surface area (Å²) in [7, 11) is 0. The van der Waals surface area contributed by atoms with Gasteiger partial charge >= 0.3 is 0 Å². The maximum Gasteiger partial charge on any atom is 0.191 e. The fourth-order valence-corrected chi connectivity index (χ4v) is 4.11. The van der Waals surface area contributed by atoms with Crippen molar-refractivity contribution in [1.82, 2.24) is 14.8 Å². The van der Waals surface area contributed by atoms with Crippen LogP contribution in [0.25, 0.3) is 0 Å². The number of aromatic nitrogens is 3. The maximum absolute atomic E-state index is 12.8. The summed E-state index contributed by atoms with van der Waals surface area (Å²) in [5.74, 6) is 0.249. The van der Waals surface area contributed by atoms with Crippen LogP contribution in [0.3, 0.4) is 0 Å². The molecule has 0 bridgehead atoms. The number of thioether (sulfide) groups is 1. The molecule has 0 N–H and O–H groups in total. The quantitative estimate of drug-likeness (QED) is 0.816. The normalized spacial score (nSPS) is 21.9. The number of fused-ring (bicyclic) bond motifs is 1. The summed E-state index contributed by atoms with van der Waals surface area (Å²) in [6.45, 7) is 0. The van der Waals surface area contributed by atoms with E-state index in [2.05, 4.69) is 20.8 Å². The van der Waals surface area contributed by atoms with Gasteiger partial charge in [0.15, 0.2) is 10.9 Å². The van der Waals surface area contributed by atoms with Crippen molar-refractivity contribution in [3.05, 3.63) is 41.7 Å². The average molecular weight is 299 g/mol. The standard InChI is InChI=1S/C16H17N3OS/c20-15-13-6-2-1-4-11(13)5-3-7-14(15)21-16-18-17-10-19(16)12-8-9-12/h1-2,4,6,10,12,14H,3,5,7-9H2/t14-/m1/s1. The van der Waals surface area contributed by atoms with Crippen molar-refractivity contribution in [3.63, 3.8) is 0 Å². The van der Waals surface area contributed by atoms with Gasteiger partial charge < -0.3 is 4.57 Å². The number of hydrogen-bond donors (Lipinski definition) is 0. The minimum Gasteiger partial charge on any atom is -0.306 e. The first kappa shape index (κ1) is 13.1. The van der Waals surface area contributed by atoms with Crippen LogP contribution in [-0.2, 0) is 6.42 Å². The molecule has 0 aliphatic heterocycles. The number of benzene rings is 1. The smallest absolute Gasteiger partial charge is 0.191 e. The van der Waals surface area contributed by atoms with Crippen LogP contribution in [0.15, 0.2) is 35.7 Å². The van der Waals surface area contributed by atoms with Crippen LogP contribution in [0.4, 0.5) is 0 Å². The van der Waals surface area contributed by atoms with Crippen molar-refractivity contribution >= 4 is 17.5 Å². The summed E-state index contributed by atoms with van der Waals surface area (Å²) in [6.07, 6.45) is 7.16. The second-order valence-electron chi connectivity index (χ2n) is 5.77. The molecule has 1 saturated carbocycles. The largest absolute Gasteiger partial charge is 0.306 e. The first-order chi connectivity index (χ1) is 10.3. The molecule has 4 rings (SSSR count). The Morgan fingerprint density at radius 2 is 2.05 bits per heavy atom. The van der Waals surface area contributed by atoms with Gasteiger partial charge in [-0.2, -0.15) is 0 Å². The summed E-state index contributed by atoms with van der Waals surface area (Å²) < 4.78 is 2.13. The van der Waals surface area contributed by atoms with Crippen molar-refractivity contribution in [2.24, 2.45) is 0 Å². The van der Waals surface area contributed by atoms with Crippen LogP contribution >= 0.6 is 11.8 Å². The summed E-state index contributed by atoms with van der Waals surface area (Å²) in [4.78, 5) is 12.8. The van der Waals surface area contributed by atoms with E-state index in [0.717, 1.165) is 30.0 Å². The second-order valence-corrected chi connectivity index (χ2v) is 6.94. The van der Waals surface area contributed by atoms with Gasteiger partial charge in [-0.25, -0.2) is 0 Å². The van der Waals surface area contributed by atoms with E-state index >= 15 is 0 Å². The van der Waals surface area contributed by atoms with Crippen LogP contribution < -0.4 is 0 Å². The van der Waals surface area contributed by atoms with Gasteiger partial charge in [-0.05, 0) is 37.7 Å². The Bertz CT molecular complexity index is 678. The van der Waals surface area contributed by atoms with E-state index < -0.39 is 0 Å². The lowest BCUT2D eigenvalue weighted by Gasteiger charge is -2.13. The number of carbonyl (C=O) groups excluding carboxylic acids is 1. The molecule has 108 valence electrons. The number of carbonyl (C=O) groups is 1. The minimum absolute atomic E-state index is 0.0321. The first-order valence-electron chi connectivity index (χ1n) is 7.51. The molecule has 2 aliphatic carbocycles. The highest BCUT2D eigenvalue weighted by Gasteiger charge is 2.31. The summed E-state index contributed by atoms with van der Waals surface area (Å²) >= 11 is 1.59. The topological polar surface area (TPSA) is 47.8 Å². The molecule has 0 radical (unpaired) electrons. The maximum atomic E-state index is 12.8. The van der Waals surface area contributed by atoms with E-state index in [1.165, 1.54) is 18.4 Å². The zero-order chi connectivity index (χ0) is 14.2. The van der Waals surface area contributed by atoms with Crippen LogP contribution in [0, 0.1) is 0 Å². The van der Waals surface area contributed by atoms with Crippen LogP contribution in [-0.4, -0.2) is 25.8 Å². The zero-order valence-electron chi connectivity index (χ0n) is 11.7. The molecular formula is C16H17N3OS. The van der Waals surface area contributed by atoms with Crippen molar-refractivity contribution in [1.29, 1.82) is 0 Å². The van der Waals surface area contributed by atoms with Crippen molar-refractivity contribution in [2.45, 2.75) is 48.6 Å². The Morgan fingerprint density at radius 1 is 1.19 bits per heavy atom. The van der Waals surface area contributed by atoms with E-state index in [-0.39, 0.29) is 11.0 Å². The molecule has 2 aromatic rings. The predicted octanol–water partition coefficient (Wildman–Crippen LogP) is 3.29. The molecule has 21 heavy (non-hydrogen) atoms. The zero-order valence-corrected chi connectivity index (χ0v) is 12.6. The molecule has 1 atom stereocenters. The molecule has 1 heterocycles. The Kier molecular flexibility index (Phi) is 3.30. The van der Waals surface area contributed by atoms with E-state index in [1.807, 2.05) is 18.2 Å². The second kappa shape index (κ2) is 5.30. The molecule has 2 aliphatic rings. The fourth-order valence-electron chi connectivity index (χ4n) is 2.92. The van der Waals surface area contributed by atoms with Gasteiger partial charge in [0.05, 0.1) is 5.25 Å². The van der Waals surface area contributed by atoms with E-state index in [1.54, 1.807) is 18.1 Å². The SMILES string of the molecule is O=C1c2ccccc2CCC[C@H]1Sc1nncn1C1CC1. The van der Waals surface area contributed by atoms with E-state index in [4.69, 9.17) is 0 Å². The van der Waals surface area contributed by atoms with Crippen LogP contribution in [0.2, 0.25) is 0 Å². The number of rotatable bonds is 3. The Balaban J connectivity index is 1.60. The lowest BCUT2D eigenvalue weighted by Crippen LogP contribution is -2.17. The molecule has 4 nitrogen and oxygen atoms in total. The lowest BCUT2D eigenvalue weighted by atomic mass is 10.0. The Hall–Kier alpha value is -1.62. The molecule has 0 amide bonds. The third-order valence-electron chi connectivity index (χ3n) is 4.22. The third kappa shape index (κ3) is 2.50. The van der Waals surface area contributed by atoms with Crippen LogP contribution in [0.5, 0.6) is 0 Å². The molecular weight excluding hydrogens is 282 g/mol. The first-order valence-corrected chi connectivity index (χ1v) is 8.39. The van der Waals surface area contributed by atoms with Gasteiger partial charge in [0.1, 0.15) is 6.33 Å². The lowest BCUT2D eigenvalue weighted by molar-refractivity contribution is 0.0988. The minimum atomic E-state index is -0.0321. The average Bonchev–Trinajstić information content (AvgIpc) is 3.27. The van der Waals surface area contributed by atoms with E-state index in [0.29, 0.717) is 6.04 Å². The number of nitrogens with zero attached hydrogens (tertiary/aromatic N) is 3. The number of hydrogen-bond acceptors (Lipinski definition) is 4. The van der Waals surface area contributed by atoms with Crippen molar-refractivity contribution in [2.75, 3.05) is 0 Å². The summed E-state index contributed by atoms with van der Waals surface area (Å²) in [5, 5.41) is 9.11. The summed E-state index contributed by atoms with van der Waals surface area (Å²) in [5.41, 5.74) is 2.08. The molecule has 5 heteroatoms. The molecule has 0 spiro atoms. The molecule has 0 unspecified atom stereocenters. The van der Waals surface area contributed by atoms with E-state index in [9.17, 15) is 4.79 Å². The van der Waals surface area contributed by atoms with Gasteiger partial charge in [-0.3, -0.25) is 4.79 Å². The highest BCUT2D eigenvalue weighted by Crippen LogP contribution is 2.39. The van der Waals surface area contributed by atoms with Gasteiger partial charge in [0.25, 0.3) is 0 Å². The molecule has 0 saturated heterocycles. The predicted molar refractivity (Wildman–Crippen MR) is 81.6 cm³/mol. The Labute approximate surface area is 128 Å². The third-order valence-corrected chi connectivity index (χ3v) is 5.45. The molecule has 1 aromatic heterocycles. The highest BCUT2D eigenvalue weighted by atomic mass is 32.2. The number of aryl methyl sites for hydroxylation is 1. The number of ketones is 1. The highest BCUT2D eigenvalue weighted by molar-refractivity contribution is 8.00. The fraction of sp³-hybridized carbons (Fsp3) is 0.438. The summed E-state index contributed by atoms with van der Waals surface area (Å²) in [6, 6.07) is 8.56. The van der Waals surface area contributed by atoms with Crippen LogP contribution in [0.1, 0.15) is 47.6 Å². The van der Waals surface area contributed by atoms with Gasteiger partial charge in [-0.15, -0.1) is 10.2 Å². The molecule has 1 fully saturated rings. The van der Waals surface area contributed by atoms with Gasteiger partial charge in [0.2, 0.25) is 0 Å². The van der Waals surface area contributed by atoms with Crippen molar-refractivity contribution in [3.8, 4) is 0 Å². The Morgan fingerprint density at radius 3 is 2.90 bits per heavy atom. The number of Topliss-reactive ketones (excluding diaryl/α,β-unsaturated/α-hetero) is 1. The van der Waals surface area contributed by atoms with Crippen molar-refractivity contribution < 1.29 is 4.79 Å². The molecule has 1 aromatic carbocycles. The van der Waals surface area contributed by atoms with Gasteiger partial charge in [0, 0.05) is 11.6 Å².